The number of carbonyl (C=O) groups excluding carboxylic acids is 2. The van der Waals surface area contributed by atoms with Crippen molar-refractivity contribution < 1.29 is 14.3 Å². The molecule has 21 heavy (non-hydrogen) atoms. The molecule has 0 N–H and O–H groups in total. The molecule has 1 aliphatic heterocycles. The summed E-state index contributed by atoms with van der Waals surface area (Å²) in [6.07, 6.45) is 2.08. The van der Waals surface area contributed by atoms with E-state index in [0.29, 0.717) is 18.8 Å². The quantitative estimate of drug-likeness (QED) is 0.603. The lowest BCUT2D eigenvalue weighted by atomic mass is 10.3. The van der Waals surface area contributed by atoms with Crippen LogP contribution in [0.5, 0.6) is 5.75 Å². The van der Waals surface area contributed by atoms with Crippen LogP contribution in [0.15, 0.2) is 23.2 Å². The Labute approximate surface area is 129 Å². The van der Waals surface area contributed by atoms with Crippen molar-refractivity contribution in [2.45, 2.75) is 12.5 Å². The molecule has 0 spiro atoms. The molecule has 0 saturated carbocycles. The molecule has 1 aromatic carbocycles. The summed E-state index contributed by atoms with van der Waals surface area (Å²) < 4.78 is 6.50. The summed E-state index contributed by atoms with van der Waals surface area (Å²) in [6, 6.07) is 5.40. The Morgan fingerprint density at radius 1 is 1.38 bits per heavy atom. The Morgan fingerprint density at radius 3 is 3.05 bits per heavy atom. The van der Waals surface area contributed by atoms with Gasteiger partial charge in [0.05, 0.1) is 16.8 Å². The van der Waals surface area contributed by atoms with Crippen molar-refractivity contribution in [1.29, 1.82) is 0 Å². The van der Waals surface area contributed by atoms with Crippen LogP contribution in [0.1, 0.15) is 11.4 Å². The van der Waals surface area contributed by atoms with E-state index in [2.05, 4.69) is 9.98 Å². The van der Waals surface area contributed by atoms with Crippen LogP contribution in [0.4, 0.5) is 0 Å². The second-order valence-corrected chi connectivity index (χ2v) is 6.44. The largest absolute Gasteiger partial charge is 0.493 e. The molecule has 2 heterocycles. The lowest BCUT2D eigenvalue weighted by Crippen LogP contribution is -2.03. The standard InChI is InChI=1S/C14H12N2O3S2/c17-4-1-5-19-10-2-3-11-12(6-10)21-14(16-11)13-15-9(7-18)8-20-13/h2-4,6-7,9H,1,5,8H2/t9-/m0/s1. The van der Waals surface area contributed by atoms with Gasteiger partial charge in [-0.25, -0.2) is 4.98 Å². The minimum absolute atomic E-state index is 0.251. The fourth-order valence-electron chi connectivity index (χ4n) is 1.89. The van der Waals surface area contributed by atoms with Crippen molar-refractivity contribution in [3.05, 3.63) is 23.2 Å². The van der Waals surface area contributed by atoms with Crippen molar-refractivity contribution in [2.24, 2.45) is 4.99 Å². The maximum absolute atomic E-state index is 10.7. The number of benzene rings is 1. The van der Waals surface area contributed by atoms with E-state index in [9.17, 15) is 9.59 Å². The van der Waals surface area contributed by atoms with Crippen LogP contribution < -0.4 is 4.74 Å². The molecule has 7 heteroatoms. The van der Waals surface area contributed by atoms with E-state index in [1.165, 1.54) is 11.3 Å². The second-order valence-electron chi connectivity index (χ2n) is 4.40. The summed E-state index contributed by atoms with van der Waals surface area (Å²) in [7, 11) is 0. The minimum atomic E-state index is -0.251. The molecule has 1 atom stereocenters. The zero-order chi connectivity index (χ0) is 14.7. The predicted octanol–water partition coefficient (Wildman–Crippen LogP) is 2.33. The van der Waals surface area contributed by atoms with Crippen molar-refractivity contribution in [1.82, 2.24) is 4.98 Å². The average Bonchev–Trinajstić information content (AvgIpc) is 3.13. The number of aromatic nitrogens is 1. The molecule has 1 aliphatic rings. The average molecular weight is 320 g/mol. The monoisotopic (exact) mass is 320 g/mol. The molecular formula is C14H12N2O3S2. The molecule has 0 radical (unpaired) electrons. The Morgan fingerprint density at radius 2 is 2.29 bits per heavy atom. The first-order chi connectivity index (χ1) is 10.3. The van der Waals surface area contributed by atoms with Gasteiger partial charge in [0, 0.05) is 12.2 Å². The fraction of sp³-hybridized carbons (Fsp3) is 0.286. The first-order valence-corrected chi connectivity index (χ1v) is 8.23. The highest BCUT2D eigenvalue weighted by Crippen LogP contribution is 2.31. The topological polar surface area (TPSA) is 68.6 Å². The van der Waals surface area contributed by atoms with Gasteiger partial charge in [0.25, 0.3) is 0 Å². The Bertz CT molecular complexity index is 711. The molecule has 0 bridgehead atoms. The van der Waals surface area contributed by atoms with Crippen LogP contribution in [-0.4, -0.2) is 41.0 Å². The number of carbonyl (C=O) groups is 2. The molecule has 0 unspecified atom stereocenters. The van der Waals surface area contributed by atoms with Crippen molar-refractivity contribution >= 4 is 50.9 Å². The van der Waals surface area contributed by atoms with Gasteiger partial charge < -0.3 is 14.3 Å². The SMILES string of the molecule is O=CCCOc1ccc2nc(C3=N[C@@H](C=O)CS3)sc2c1. The maximum Gasteiger partial charge on any atom is 0.149 e. The zero-order valence-electron chi connectivity index (χ0n) is 11.0. The van der Waals surface area contributed by atoms with Gasteiger partial charge >= 0.3 is 0 Å². The van der Waals surface area contributed by atoms with Crippen LogP contribution in [0.3, 0.4) is 0 Å². The Kier molecular flexibility index (Phi) is 4.31. The zero-order valence-corrected chi connectivity index (χ0v) is 12.7. The predicted molar refractivity (Wildman–Crippen MR) is 84.6 cm³/mol. The molecule has 5 nitrogen and oxygen atoms in total. The maximum atomic E-state index is 10.7. The lowest BCUT2D eigenvalue weighted by molar-refractivity contribution is -0.109. The first kappa shape index (κ1) is 14.2. The minimum Gasteiger partial charge on any atom is -0.493 e. The summed E-state index contributed by atoms with van der Waals surface area (Å²) in [5.41, 5.74) is 0.885. The first-order valence-electron chi connectivity index (χ1n) is 6.43. The van der Waals surface area contributed by atoms with Gasteiger partial charge in [0.1, 0.15) is 34.4 Å². The number of thiazole rings is 1. The molecule has 2 aromatic rings. The van der Waals surface area contributed by atoms with Crippen LogP contribution in [0, 0.1) is 0 Å². The summed E-state index contributed by atoms with van der Waals surface area (Å²) in [5, 5.41) is 1.67. The number of ether oxygens (including phenoxy) is 1. The number of hydrogen-bond donors (Lipinski definition) is 0. The molecule has 0 amide bonds. The molecule has 108 valence electrons. The van der Waals surface area contributed by atoms with Gasteiger partial charge in [-0.15, -0.1) is 23.1 Å². The summed E-state index contributed by atoms with van der Waals surface area (Å²) >= 11 is 3.09. The molecule has 1 aromatic heterocycles. The van der Waals surface area contributed by atoms with Gasteiger partial charge in [0.15, 0.2) is 0 Å². The third-order valence-electron chi connectivity index (χ3n) is 2.88. The molecule has 0 aliphatic carbocycles. The highest BCUT2D eigenvalue weighted by molar-refractivity contribution is 8.15. The van der Waals surface area contributed by atoms with Crippen LogP contribution in [-0.2, 0) is 9.59 Å². The van der Waals surface area contributed by atoms with Gasteiger partial charge in [-0.2, -0.15) is 0 Å². The number of thioether (sulfide) groups is 1. The van der Waals surface area contributed by atoms with E-state index in [4.69, 9.17) is 4.74 Å². The van der Waals surface area contributed by atoms with Crippen LogP contribution in [0.2, 0.25) is 0 Å². The Hall–Kier alpha value is -1.73. The van der Waals surface area contributed by atoms with Gasteiger partial charge in [-0.1, -0.05) is 0 Å². The van der Waals surface area contributed by atoms with Gasteiger partial charge in [-0.05, 0) is 18.2 Å². The van der Waals surface area contributed by atoms with Crippen molar-refractivity contribution in [2.75, 3.05) is 12.4 Å². The normalized spacial score (nSPS) is 17.7. The third-order valence-corrected chi connectivity index (χ3v) is 5.11. The van der Waals surface area contributed by atoms with Crippen LogP contribution >= 0.6 is 23.1 Å². The summed E-state index contributed by atoms with van der Waals surface area (Å²) in [5.74, 6) is 1.42. The third kappa shape index (κ3) is 3.14. The number of rotatable bonds is 6. The molecular weight excluding hydrogens is 308 g/mol. The highest BCUT2D eigenvalue weighted by Gasteiger charge is 2.21. The van der Waals surface area contributed by atoms with E-state index in [-0.39, 0.29) is 6.04 Å². The van der Waals surface area contributed by atoms with E-state index < -0.39 is 0 Å². The number of aldehydes is 2. The number of nitrogens with zero attached hydrogens (tertiary/aromatic N) is 2. The van der Waals surface area contributed by atoms with E-state index in [1.54, 1.807) is 11.8 Å². The van der Waals surface area contributed by atoms with E-state index in [1.807, 2.05) is 18.2 Å². The van der Waals surface area contributed by atoms with Gasteiger partial charge in [0.2, 0.25) is 0 Å². The van der Waals surface area contributed by atoms with Crippen LogP contribution in [0.25, 0.3) is 10.2 Å². The van der Waals surface area contributed by atoms with Crippen molar-refractivity contribution in [3.63, 3.8) is 0 Å². The molecule has 0 fully saturated rings. The highest BCUT2D eigenvalue weighted by atomic mass is 32.2. The summed E-state index contributed by atoms with van der Waals surface area (Å²) in [4.78, 5) is 29.9. The lowest BCUT2D eigenvalue weighted by Gasteiger charge is -2.02. The Balaban J connectivity index is 1.83. The van der Waals surface area contributed by atoms with Gasteiger partial charge in [-0.3, -0.25) is 4.99 Å². The fourth-order valence-corrected chi connectivity index (χ4v) is 3.94. The number of hydrogen-bond acceptors (Lipinski definition) is 7. The van der Waals surface area contributed by atoms with E-state index in [0.717, 1.165) is 38.6 Å². The second kappa shape index (κ2) is 6.36. The number of aliphatic imine (C=N–C) groups is 1. The molecule has 3 rings (SSSR count). The smallest absolute Gasteiger partial charge is 0.149 e. The summed E-state index contributed by atoms with van der Waals surface area (Å²) in [6.45, 7) is 0.379. The van der Waals surface area contributed by atoms with E-state index >= 15 is 0 Å². The molecule has 0 saturated heterocycles. The van der Waals surface area contributed by atoms with Crippen molar-refractivity contribution in [3.8, 4) is 5.75 Å². The number of fused-ring (bicyclic) bond motifs is 1.